The molecule has 9 heteroatoms. The lowest BCUT2D eigenvalue weighted by Crippen LogP contribution is -2.42. The maximum absolute atomic E-state index is 12.5. The highest BCUT2D eigenvalue weighted by atomic mass is 32.2. The summed E-state index contributed by atoms with van der Waals surface area (Å²) >= 11 is 0. The Kier molecular flexibility index (Phi) is 5.63. The molecule has 0 saturated carbocycles. The molecule has 2 rings (SSSR count). The Balaban J connectivity index is 2.00. The lowest BCUT2D eigenvalue weighted by atomic mass is 10.2. The van der Waals surface area contributed by atoms with Gasteiger partial charge in [0.05, 0.1) is 11.5 Å². The van der Waals surface area contributed by atoms with Crippen molar-refractivity contribution in [2.45, 2.75) is 39.7 Å². The summed E-state index contributed by atoms with van der Waals surface area (Å²) in [6.07, 6.45) is 0.580. The Morgan fingerprint density at radius 3 is 2.58 bits per heavy atom. The zero-order valence-corrected chi connectivity index (χ0v) is 15.0. The third-order valence-electron chi connectivity index (χ3n) is 4.13. The Morgan fingerprint density at radius 1 is 1.42 bits per heavy atom. The third-order valence-corrected chi connectivity index (χ3v) is 5.88. The van der Waals surface area contributed by atoms with E-state index >= 15 is 0 Å². The van der Waals surface area contributed by atoms with Gasteiger partial charge < -0.3 is 9.42 Å². The van der Waals surface area contributed by atoms with Gasteiger partial charge in [-0.2, -0.15) is 0 Å². The first kappa shape index (κ1) is 18.4. The molecule has 1 unspecified atom stereocenters. The van der Waals surface area contributed by atoms with E-state index < -0.39 is 9.84 Å². The first-order valence-corrected chi connectivity index (χ1v) is 9.77. The average Bonchev–Trinajstić information content (AvgIpc) is 3.06. The van der Waals surface area contributed by atoms with Gasteiger partial charge in [-0.1, -0.05) is 5.16 Å². The SMILES string of the molecule is CCN(C(=O)CCN(C(C)=O)c1cc(C)on1)C1CCS(=O)(=O)C1. The van der Waals surface area contributed by atoms with Crippen LogP contribution in [0.3, 0.4) is 0 Å². The molecule has 24 heavy (non-hydrogen) atoms. The smallest absolute Gasteiger partial charge is 0.225 e. The number of hydrogen-bond donors (Lipinski definition) is 0. The number of anilines is 1. The molecule has 2 heterocycles. The molecule has 1 fully saturated rings. The van der Waals surface area contributed by atoms with Crippen molar-refractivity contribution in [1.82, 2.24) is 10.1 Å². The summed E-state index contributed by atoms with van der Waals surface area (Å²) in [5.41, 5.74) is 0. The number of aryl methyl sites for hydroxylation is 1. The number of carbonyl (C=O) groups excluding carboxylic acids is 2. The predicted molar refractivity (Wildman–Crippen MR) is 88.3 cm³/mol. The van der Waals surface area contributed by atoms with E-state index in [1.54, 1.807) is 17.9 Å². The largest absolute Gasteiger partial charge is 0.360 e. The number of rotatable bonds is 6. The van der Waals surface area contributed by atoms with Crippen molar-refractivity contribution >= 4 is 27.5 Å². The van der Waals surface area contributed by atoms with Crippen molar-refractivity contribution in [2.24, 2.45) is 0 Å². The molecule has 0 aliphatic carbocycles. The fourth-order valence-electron chi connectivity index (χ4n) is 2.92. The lowest BCUT2D eigenvalue weighted by Gasteiger charge is -2.28. The van der Waals surface area contributed by atoms with Crippen LogP contribution >= 0.6 is 0 Å². The van der Waals surface area contributed by atoms with Crippen molar-refractivity contribution in [3.63, 3.8) is 0 Å². The summed E-state index contributed by atoms with van der Waals surface area (Å²) in [7, 11) is -3.05. The van der Waals surface area contributed by atoms with Crippen molar-refractivity contribution in [3.05, 3.63) is 11.8 Å². The quantitative estimate of drug-likeness (QED) is 0.745. The Morgan fingerprint density at radius 2 is 2.12 bits per heavy atom. The number of nitrogens with zero attached hydrogens (tertiary/aromatic N) is 3. The minimum absolute atomic E-state index is 0.0193. The van der Waals surface area contributed by atoms with E-state index in [2.05, 4.69) is 5.16 Å². The number of amides is 2. The second-order valence-electron chi connectivity index (χ2n) is 5.95. The number of sulfone groups is 1. The zero-order chi connectivity index (χ0) is 17.9. The van der Waals surface area contributed by atoms with Crippen LogP contribution in [0.4, 0.5) is 5.82 Å². The molecule has 0 bridgehead atoms. The maximum atomic E-state index is 12.5. The molecule has 2 amide bonds. The number of aromatic nitrogens is 1. The van der Waals surface area contributed by atoms with Crippen LogP contribution in [0.15, 0.2) is 10.6 Å². The zero-order valence-electron chi connectivity index (χ0n) is 14.2. The van der Waals surface area contributed by atoms with Crippen LogP contribution in [-0.4, -0.2) is 60.9 Å². The molecular weight excluding hydrogens is 334 g/mol. The Bertz CT molecular complexity index is 712. The van der Waals surface area contributed by atoms with Crippen LogP contribution in [0.2, 0.25) is 0 Å². The summed E-state index contributed by atoms with van der Waals surface area (Å²) in [5.74, 6) is 0.701. The van der Waals surface area contributed by atoms with Gasteiger partial charge in [0, 0.05) is 38.5 Å². The molecule has 1 aliphatic heterocycles. The van der Waals surface area contributed by atoms with Crippen LogP contribution < -0.4 is 4.90 Å². The molecular formula is C15H23N3O5S. The molecule has 1 aromatic rings. The van der Waals surface area contributed by atoms with Crippen molar-refractivity contribution < 1.29 is 22.5 Å². The fourth-order valence-corrected chi connectivity index (χ4v) is 4.65. The van der Waals surface area contributed by atoms with E-state index in [1.807, 2.05) is 6.92 Å². The number of hydrogen-bond acceptors (Lipinski definition) is 6. The van der Waals surface area contributed by atoms with Gasteiger partial charge in [-0.05, 0) is 20.3 Å². The fraction of sp³-hybridized carbons (Fsp3) is 0.667. The highest BCUT2D eigenvalue weighted by Gasteiger charge is 2.34. The van der Waals surface area contributed by atoms with E-state index in [0.717, 1.165) is 0 Å². The summed E-state index contributed by atoms with van der Waals surface area (Å²) < 4.78 is 28.2. The van der Waals surface area contributed by atoms with E-state index in [9.17, 15) is 18.0 Å². The van der Waals surface area contributed by atoms with Crippen LogP contribution in [0.1, 0.15) is 32.4 Å². The van der Waals surface area contributed by atoms with Crippen molar-refractivity contribution in [1.29, 1.82) is 0 Å². The van der Waals surface area contributed by atoms with Crippen molar-refractivity contribution in [2.75, 3.05) is 29.5 Å². The van der Waals surface area contributed by atoms with Gasteiger partial charge >= 0.3 is 0 Å². The molecule has 1 saturated heterocycles. The highest BCUT2D eigenvalue weighted by molar-refractivity contribution is 7.91. The molecule has 0 spiro atoms. The van der Waals surface area contributed by atoms with E-state index in [1.165, 1.54) is 11.8 Å². The summed E-state index contributed by atoms with van der Waals surface area (Å²) in [5, 5.41) is 3.80. The summed E-state index contributed by atoms with van der Waals surface area (Å²) in [6.45, 7) is 5.57. The molecule has 1 atom stereocenters. The molecule has 1 aliphatic rings. The monoisotopic (exact) mass is 357 g/mol. The van der Waals surface area contributed by atoms with Gasteiger partial charge in [0.25, 0.3) is 0 Å². The normalized spacial score (nSPS) is 19.2. The Hall–Kier alpha value is -1.90. The predicted octanol–water partition coefficient (Wildman–Crippen LogP) is 0.762. The van der Waals surface area contributed by atoms with Crippen LogP contribution in [0.5, 0.6) is 0 Å². The maximum Gasteiger partial charge on any atom is 0.225 e. The molecule has 0 aromatic carbocycles. The van der Waals surface area contributed by atoms with Crippen LogP contribution in [0.25, 0.3) is 0 Å². The van der Waals surface area contributed by atoms with E-state index in [-0.39, 0.29) is 42.3 Å². The summed E-state index contributed by atoms with van der Waals surface area (Å²) in [4.78, 5) is 27.2. The standard InChI is InChI=1S/C15H23N3O5S/c1-4-17(13-6-8-24(21,22)10-13)15(20)5-7-18(12(3)19)14-9-11(2)23-16-14/h9,13H,4-8,10H2,1-3H3. The second kappa shape index (κ2) is 7.33. The molecule has 8 nitrogen and oxygen atoms in total. The molecule has 0 N–H and O–H groups in total. The highest BCUT2D eigenvalue weighted by Crippen LogP contribution is 2.19. The summed E-state index contributed by atoms with van der Waals surface area (Å²) in [6, 6.07) is 1.36. The number of carbonyl (C=O) groups is 2. The van der Waals surface area contributed by atoms with Crippen LogP contribution in [0, 0.1) is 6.92 Å². The van der Waals surface area contributed by atoms with Crippen LogP contribution in [-0.2, 0) is 19.4 Å². The van der Waals surface area contributed by atoms with Gasteiger partial charge in [-0.15, -0.1) is 0 Å². The minimum atomic E-state index is -3.05. The molecule has 134 valence electrons. The van der Waals surface area contributed by atoms with Crippen molar-refractivity contribution in [3.8, 4) is 0 Å². The third kappa shape index (κ3) is 4.34. The topological polar surface area (TPSA) is 101 Å². The average molecular weight is 357 g/mol. The van der Waals surface area contributed by atoms with Gasteiger partial charge in [-0.3, -0.25) is 14.5 Å². The Labute approximate surface area is 141 Å². The molecule has 1 aromatic heterocycles. The van der Waals surface area contributed by atoms with Gasteiger partial charge in [0.1, 0.15) is 5.76 Å². The van der Waals surface area contributed by atoms with Gasteiger partial charge in [-0.25, -0.2) is 8.42 Å². The van der Waals surface area contributed by atoms with E-state index in [4.69, 9.17) is 4.52 Å². The first-order chi connectivity index (χ1) is 11.2. The lowest BCUT2D eigenvalue weighted by molar-refractivity contribution is -0.132. The van der Waals surface area contributed by atoms with Gasteiger partial charge in [0.15, 0.2) is 15.7 Å². The first-order valence-electron chi connectivity index (χ1n) is 7.95. The minimum Gasteiger partial charge on any atom is -0.360 e. The van der Waals surface area contributed by atoms with E-state index in [0.29, 0.717) is 24.5 Å². The van der Waals surface area contributed by atoms with Gasteiger partial charge in [0.2, 0.25) is 11.8 Å². The second-order valence-corrected chi connectivity index (χ2v) is 8.18. The molecule has 0 radical (unpaired) electrons.